The second kappa shape index (κ2) is 2.56. The van der Waals surface area contributed by atoms with Crippen molar-refractivity contribution in [3.05, 3.63) is 35.6 Å². The van der Waals surface area contributed by atoms with E-state index in [0.717, 1.165) is 18.4 Å². The summed E-state index contributed by atoms with van der Waals surface area (Å²) in [5.41, 5.74) is 0.826. The van der Waals surface area contributed by atoms with Gasteiger partial charge in [-0.1, -0.05) is 12.1 Å². The van der Waals surface area contributed by atoms with Crippen LogP contribution in [0, 0.1) is 5.82 Å². The third-order valence-corrected chi connectivity index (χ3v) is 2.59. The van der Waals surface area contributed by atoms with Gasteiger partial charge >= 0.3 is 0 Å². The Morgan fingerprint density at radius 1 is 1.42 bits per heavy atom. The summed E-state index contributed by atoms with van der Waals surface area (Å²) in [6.45, 7) is 0.135. The van der Waals surface area contributed by atoms with Gasteiger partial charge < -0.3 is 5.11 Å². The SMILES string of the molecule is OCC1(c2cccc(F)c2)CC1. The van der Waals surface area contributed by atoms with Crippen molar-refractivity contribution in [1.82, 2.24) is 0 Å². The lowest BCUT2D eigenvalue weighted by molar-refractivity contribution is 0.255. The molecule has 0 heterocycles. The highest BCUT2D eigenvalue weighted by Crippen LogP contribution is 2.47. The molecule has 0 saturated heterocycles. The average Bonchev–Trinajstić information content (AvgIpc) is 2.84. The fraction of sp³-hybridized carbons (Fsp3) is 0.400. The number of aliphatic hydroxyl groups is 1. The molecule has 1 aromatic rings. The van der Waals surface area contributed by atoms with Gasteiger partial charge in [0, 0.05) is 5.41 Å². The van der Waals surface area contributed by atoms with E-state index in [2.05, 4.69) is 0 Å². The van der Waals surface area contributed by atoms with Gasteiger partial charge in [0.15, 0.2) is 0 Å². The molecule has 0 amide bonds. The van der Waals surface area contributed by atoms with E-state index in [-0.39, 0.29) is 17.8 Å². The fourth-order valence-electron chi connectivity index (χ4n) is 1.51. The maximum absolute atomic E-state index is 12.8. The number of hydrogen-bond acceptors (Lipinski definition) is 1. The molecule has 0 atom stereocenters. The van der Waals surface area contributed by atoms with Crippen LogP contribution in [-0.4, -0.2) is 11.7 Å². The Labute approximate surface area is 70.8 Å². The number of benzene rings is 1. The summed E-state index contributed by atoms with van der Waals surface area (Å²) in [6, 6.07) is 6.52. The molecule has 1 N–H and O–H groups in total. The number of rotatable bonds is 2. The summed E-state index contributed by atoms with van der Waals surface area (Å²) in [4.78, 5) is 0. The summed E-state index contributed by atoms with van der Waals surface area (Å²) in [6.07, 6.45) is 1.96. The molecule has 64 valence electrons. The van der Waals surface area contributed by atoms with Crippen LogP contribution in [0.5, 0.6) is 0 Å². The van der Waals surface area contributed by atoms with E-state index in [1.54, 1.807) is 6.07 Å². The van der Waals surface area contributed by atoms with Crippen LogP contribution in [0.15, 0.2) is 24.3 Å². The Morgan fingerprint density at radius 2 is 2.17 bits per heavy atom. The van der Waals surface area contributed by atoms with E-state index in [4.69, 9.17) is 5.11 Å². The molecule has 1 saturated carbocycles. The van der Waals surface area contributed by atoms with Crippen molar-refractivity contribution in [1.29, 1.82) is 0 Å². The van der Waals surface area contributed by atoms with Gasteiger partial charge in [0.1, 0.15) is 5.82 Å². The molecular formula is C10H11FO. The summed E-state index contributed by atoms with van der Waals surface area (Å²) >= 11 is 0. The summed E-state index contributed by atoms with van der Waals surface area (Å²) in [7, 11) is 0. The van der Waals surface area contributed by atoms with Gasteiger partial charge in [0.2, 0.25) is 0 Å². The maximum Gasteiger partial charge on any atom is 0.123 e. The van der Waals surface area contributed by atoms with Gasteiger partial charge in [-0.25, -0.2) is 4.39 Å². The first-order valence-corrected chi connectivity index (χ1v) is 4.14. The molecule has 2 rings (SSSR count). The zero-order valence-corrected chi connectivity index (χ0v) is 6.76. The third-order valence-electron chi connectivity index (χ3n) is 2.59. The zero-order valence-electron chi connectivity index (χ0n) is 6.76. The van der Waals surface area contributed by atoms with E-state index >= 15 is 0 Å². The molecule has 0 aliphatic heterocycles. The van der Waals surface area contributed by atoms with Gasteiger partial charge in [-0.2, -0.15) is 0 Å². The second-order valence-electron chi connectivity index (χ2n) is 3.45. The Hall–Kier alpha value is -0.890. The monoisotopic (exact) mass is 166 g/mol. The Morgan fingerprint density at radius 3 is 2.67 bits per heavy atom. The molecule has 0 bridgehead atoms. The van der Waals surface area contributed by atoms with Crippen LogP contribution in [0.25, 0.3) is 0 Å². The van der Waals surface area contributed by atoms with Gasteiger partial charge in [0.05, 0.1) is 6.61 Å². The molecule has 0 aromatic heterocycles. The molecule has 1 aliphatic carbocycles. The number of hydrogen-bond donors (Lipinski definition) is 1. The minimum atomic E-state index is -0.216. The lowest BCUT2D eigenvalue weighted by Gasteiger charge is -2.11. The van der Waals surface area contributed by atoms with Crippen molar-refractivity contribution in [2.24, 2.45) is 0 Å². The van der Waals surface area contributed by atoms with Crippen LogP contribution < -0.4 is 0 Å². The molecule has 1 aromatic carbocycles. The molecule has 1 nitrogen and oxygen atoms in total. The van der Waals surface area contributed by atoms with Crippen molar-refractivity contribution < 1.29 is 9.50 Å². The second-order valence-corrected chi connectivity index (χ2v) is 3.45. The van der Waals surface area contributed by atoms with E-state index in [9.17, 15) is 4.39 Å². The van der Waals surface area contributed by atoms with E-state index in [1.165, 1.54) is 12.1 Å². The largest absolute Gasteiger partial charge is 0.395 e. The number of halogens is 1. The lowest BCUT2D eigenvalue weighted by Crippen LogP contribution is -2.11. The van der Waals surface area contributed by atoms with Crippen molar-refractivity contribution >= 4 is 0 Å². The Bertz CT molecular complexity index is 292. The van der Waals surface area contributed by atoms with Crippen LogP contribution in [0.4, 0.5) is 4.39 Å². The van der Waals surface area contributed by atoms with Crippen molar-refractivity contribution in [2.45, 2.75) is 18.3 Å². The van der Waals surface area contributed by atoms with Gasteiger partial charge in [0.25, 0.3) is 0 Å². The fourth-order valence-corrected chi connectivity index (χ4v) is 1.51. The number of aliphatic hydroxyl groups excluding tert-OH is 1. The van der Waals surface area contributed by atoms with Crippen molar-refractivity contribution in [3.63, 3.8) is 0 Å². The molecule has 0 spiro atoms. The first-order chi connectivity index (χ1) is 5.77. The highest BCUT2D eigenvalue weighted by molar-refractivity contribution is 5.31. The first-order valence-electron chi connectivity index (χ1n) is 4.14. The smallest absolute Gasteiger partial charge is 0.123 e. The zero-order chi connectivity index (χ0) is 8.60. The van der Waals surface area contributed by atoms with Gasteiger partial charge in [-0.05, 0) is 30.5 Å². The molecule has 1 aliphatic rings. The lowest BCUT2D eigenvalue weighted by atomic mass is 9.97. The molecule has 1 fully saturated rings. The molecular weight excluding hydrogens is 155 g/mol. The molecule has 2 heteroatoms. The Balaban J connectivity index is 2.34. The average molecular weight is 166 g/mol. The molecule has 0 unspecified atom stereocenters. The summed E-state index contributed by atoms with van der Waals surface area (Å²) in [5, 5.41) is 9.08. The van der Waals surface area contributed by atoms with E-state index < -0.39 is 0 Å². The highest BCUT2D eigenvalue weighted by atomic mass is 19.1. The summed E-state index contributed by atoms with van der Waals surface area (Å²) < 4.78 is 12.8. The van der Waals surface area contributed by atoms with Crippen LogP contribution in [0.3, 0.4) is 0 Å². The maximum atomic E-state index is 12.8. The van der Waals surface area contributed by atoms with Crippen LogP contribution >= 0.6 is 0 Å². The minimum absolute atomic E-state index is 0.109. The first kappa shape index (κ1) is 7.74. The van der Waals surface area contributed by atoms with Crippen molar-refractivity contribution in [3.8, 4) is 0 Å². The molecule has 0 radical (unpaired) electrons. The van der Waals surface area contributed by atoms with Gasteiger partial charge in [-0.15, -0.1) is 0 Å². The topological polar surface area (TPSA) is 20.2 Å². The minimum Gasteiger partial charge on any atom is -0.395 e. The third kappa shape index (κ3) is 1.12. The van der Waals surface area contributed by atoms with Crippen LogP contribution in [0.1, 0.15) is 18.4 Å². The molecule has 12 heavy (non-hydrogen) atoms. The van der Waals surface area contributed by atoms with E-state index in [1.807, 2.05) is 6.07 Å². The predicted octanol–water partition coefficient (Wildman–Crippen LogP) is 1.85. The summed E-state index contributed by atoms with van der Waals surface area (Å²) in [5.74, 6) is -0.216. The predicted molar refractivity (Wildman–Crippen MR) is 44.4 cm³/mol. The Kier molecular flexibility index (Phi) is 1.65. The standard InChI is InChI=1S/C10H11FO/c11-9-3-1-2-8(6-9)10(7-12)4-5-10/h1-3,6,12H,4-5,7H2. The van der Waals surface area contributed by atoms with Gasteiger partial charge in [-0.3, -0.25) is 0 Å². The van der Waals surface area contributed by atoms with Crippen LogP contribution in [0.2, 0.25) is 0 Å². The highest BCUT2D eigenvalue weighted by Gasteiger charge is 2.43. The quantitative estimate of drug-likeness (QED) is 0.710. The van der Waals surface area contributed by atoms with E-state index in [0.29, 0.717) is 0 Å². The normalized spacial score (nSPS) is 19.2. The van der Waals surface area contributed by atoms with Crippen molar-refractivity contribution in [2.75, 3.05) is 6.61 Å². The van der Waals surface area contributed by atoms with Crippen LogP contribution in [-0.2, 0) is 5.41 Å².